The van der Waals surface area contributed by atoms with Gasteiger partial charge in [0.2, 0.25) is 5.28 Å². The molecule has 0 spiro atoms. The molecule has 0 N–H and O–H groups in total. The van der Waals surface area contributed by atoms with Crippen LogP contribution in [0.25, 0.3) is 0 Å². The fraction of sp³-hybridized carbons (Fsp3) is 0.333. The fourth-order valence-electron chi connectivity index (χ4n) is 2.59. The quantitative estimate of drug-likeness (QED) is 0.622. The molecule has 1 aromatic carbocycles. The van der Waals surface area contributed by atoms with Gasteiger partial charge in [-0.05, 0) is 42.1 Å². The smallest absolute Gasteiger partial charge is 0.224 e. The van der Waals surface area contributed by atoms with E-state index >= 15 is 0 Å². The van der Waals surface area contributed by atoms with Gasteiger partial charge in [0, 0.05) is 25.2 Å². The van der Waals surface area contributed by atoms with Crippen LogP contribution in [0.3, 0.4) is 0 Å². The Balaban J connectivity index is 1.82. The van der Waals surface area contributed by atoms with E-state index in [1.807, 2.05) is 0 Å². The van der Waals surface area contributed by atoms with Gasteiger partial charge in [0.1, 0.15) is 5.15 Å². The zero-order chi connectivity index (χ0) is 14.3. The Hall–Kier alpha value is -1.16. The SMILES string of the molecule is Cc1cccc(CN2Cc3nc(Cl)nc(Cl)c3C2)c1C. The van der Waals surface area contributed by atoms with Crippen LogP contribution in [0.4, 0.5) is 0 Å². The highest BCUT2D eigenvalue weighted by Gasteiger charge is 2.24. The molecule has 1 aromatic heterocycles. The lowest BCUT2D eigenvalue weighted by molar-refractivity contribution is 0.273. The van der Waals surface area contributed by atoms with Gasteiger partial charge in [0.05, 0.1) is 5.69 Å². The zero-order valence-corrected chi connectivity index (χ0v) is 13.0. The molecular formula is C15H15Cl2N3. The van der Waals surface area contributed by atoms with Gasteiger partial charge in [-0.15, -0.1) is 0 Å². The molecule has 0 aliphatic carbocycles. The average Bonchev–Trinajstić information content (AvgIpc) is 2.78. The second-order valence-electron chi connectivity index (χ2n) is 5.21. The zero-order valence-electron chi connectivity index (χ0n) is 11.5. The van der Waals surface area contributed by atoms with E-state index in [9.17, 15) is 0 Å². The molecule has 3 rings (SSSR count). The Bertz CT molecular complexity index is 670. The average molecular weight is 308 g/mol. The van der Waals surface area contributed by atoms with Crippen LogP contribution in [0.15, 0.2) is 18.2 Å². The number of rotatable bonds is 2. The van der Waals surface area contributed by atoms with Crippen LogP contribution in [0.1, 0.15) is 27.9 Å². The highest BCUT2D eigenvalue weighted by atomic mass is 35.5. The molecule has 2 heterocycles. The molecule has 0 unspecified atom stereocenters. The standard InChI is InChI=1S/C15H15Cl2N3/c1-9-4-3-5-11(10(9)2)6-20-7-12-13(8-20)18-15(17)19-14(12)16/h3-5H,6-8H2,1-2H3. The lowest BCUT2D eigenvalue weighted by Gasteiger charge is -2.17. The van der Waals surface area contributed by atoms with Crippen LogP contribution in [-0.2, 0) is 19.6 Å². The molecule has 5 heteroatoms. The van der Waals surface area contributed by atoms with Crippen LogP contribution >= 0.6 is 23.2 Å². The van der Waals surface area contributed by atoms with E-state index in [0.29, 0.717) is 5.15 Å². The normalized spacial score (nSPS) is 14.6. The number of halogens is 2. The predicted octanol–water partition coefficient (Wildman–Crippen LogP) is 3.92. The maximum absolute atomic E-state index is 6.14. The summed E-state index contributed by atoms with van der Waals surface area (Å²) in [6.07, 6.45) is 0. The molecule has 104 valence electrons. The lowest BCUT2D eigenvalue weighted by atomic mass is 10.0. The topological polar surface area (TPSA) is 29.0 Å². The summed E-state index contributed by atoms with van der Waals surface area (Å²) in [5, 5.41) is 0.700. The predicted molar refractivity (Wildman–Crippen MR) is 80.9 cm³/mol. The molecular weight excluding hydrogens is 293 g/mol. The van der Waals surface area contributed by atoms with Crippen molar-refractivity contribution < 1.29 is 0 Å². The van der Waals surface area contributed by atoms with E-state index in [2.05, 4.69) is 46.9 Å². The molecule has 2 aromatic rings. The Morgan fingerprint density at radius 3 is 2.75 bits per heavy atom. The van der Waals surface area contributed by atoms with Crippen molar-refractivity contribution >= 4 is 23.2 Å². The van der Waals surface area contributed by atoms with Crippen molar-refractivity contribution in [2.45, 2.75) is 33.5 Å². The van der Waals surface area contributed by atoms with Crippen molar-refractivity contribution in [1.82, 2.24) is 14.9 Å². The summed E-state index contributed by atoms with van der Waals surface area (Å²) in [6, 6.07) is 6.41. The van der Waals surface area contributed by atoms with Crippen LogP contribution in [0.2, 0.25) is 10.4 Å². The molecule has 0 fully saturated rings. The summed E-state index contributed by atoms with van der Waals surface area (Å²) in [4.78, 5) is 10.6. The molecule has 0 bridgehead atoms. The number of aryl methyl sites for hydroxylation is 1. The third-order valence-electron chi connectivity index (χ3n) is 3.88. The van der Waals surface area contributed by atoms with E-state index in [-0.39, 0.29) is 5.28 Å². The molecule has 3 nitrogen and oxygen atoms in total. The second kappa shape index (κ2) is 5.32. The third kappa shape index (κ3) is 2.53. The van der Waals surface area contributed by atoms with E-state index < -0.39 is 0 Å². The van der Waals surface area contributed by atoms with Gasteiger partial charge in [0.15, 0.2) is 0 Å². The van der Waals surface area contributed by atoms with Gasteiger partial charge >= 0.3 is 0 Å². The molecule has 0 saturated heterocycles. The van der Waals surface area contributed by atoms with Crippen LogP contribution in [0.5, 0.6) is 0 Å². The summed E-state index contributed by atoms with van der Waals surface area (Å²) >= 11 is 12.0. The Kier molecular flexibility index (Phi) is 3.67. The highest BCUT2D eigenvalue weighted by Crippen LogP contribution is 2.29. The monoisotopic (exact) mass is 307 g/mol. The van der Waals surface area contributed by atoms with Gasteiger partial charge in [-0.1, -0.05) is 29.8 Å². The summed E-state index contributed by atoms with van der Waals surface area (Å²) in [5.74, 6) is 0. The summed E-state index contributed by atoms with van der Waals surface area (Å²) < 4.78 is 0. The molecule has 20 heavy (non-hydrogen) atoms. The summed E-state index contributed by atoms with van der Waals surface area (Å²) in [5.41, 5.74) is 5.95. The Morgan fingerprint density at radius 1 is 1.15 bits per heavy atom. The minimum atomic E-state index is 0.224. The number of nitrogens with zero attached hydrogens (tertiary/aromatic N) is 3. The van der Waals surface area contributed by atoms with Gasteiger partial charge in [0.25, 0.3) is 0 Å². The number of fused-ring (bicyclic) bond motifs is 1. The van der Waals surface area contributed by atoms with Gasteiger partial charge in [-0.3, -0.25) is 4.90 Å². The van der Waals surface area contributed by atoms with Gasteiger partial charge in [-0.2, -0.15) is 0 Å². The molecule has 0 radical (unpaired) electrons. The maximum atomic E-state index is 6.14. The Labute approximate surface area is 128 Å². The Morgan fingerprint density at radius 2 is 1.95 bits per heavy atom. The van der Waals surface area contributed by atoms with Crippen molar-refractivity contribution in [1.29, 1.82) is 0 Å². The molecule has 0 amide bonds. The molecule has 0 saturated carbocycles. The largest absolute Gasteiger partial charge is 0.289 e. The lowest BCUT2D eigenvalue weighted by Crippen LogP contribution is -2.16. The van der Waals surface area contributed by atoms with Gasteiger partial charge < -0.3 is 0 Å². The first-order valence-electron chi connectivity index (χ1n) is 6.53. The first-order chi connectivity index (χ1) is 9.54. The number of hydrogen-bond acceptors (Lipinski definition) is 3. The molecule has 0 atom stereocenters. The van der Waals surface area contributed by atoms with E-state index in [1.54, 1.807) is 0 Å². The fourth-order valence-corrected chi connectivity index (χ4v) is 3.06. The van der Waals surface area contributed by atoms with Gasteiger partial charge in [-0.25, -0.2) is 9.97 Å². The number of aromatic nitrogens is 2. The molecule has 1 aliphatic rings. The van der Waals surface area contributed by atoms with Crippen LogP contribution in [0, 0.1) is 13.8 Å². The maximum Gasteiger partial charge on any atom is 0.224 e. The number of benzene rings is 1. The first-order valence-corrected chi connectivity index (χ1v) is 7.28. The van der Waals surface area contributed by atoms with Crippen molar-refractivity contribution in [2.24, 2.45) is 0 Å². The van der Waals surface area contributed by atoms with E-state index in [1.165, 1.54) is 16.7 Å². The second-order valence-corrected chi connectivity index (χ2v) is 5.91. The van der Waals surface area contributed by atoms with Crippen molar-refractivity contribution in [2.75, 3.05) is 0 Å². The summed E-state index contributed by atoms with van der Waals surface area (Å²) in [7, 11) is 0. The van der Waals surface area contributed by atoms with E-state index in [4.69, 9.17) is 23.2 Å². The van der Waals surface area contributed by atoms with Crippen molar-refractivity contribution in [3.05, 3.63) is 56.6 Å². The van der Waals surface area contributed by atoms with E-state index in [0.717, 1.165) is 30.9 Å². The first kappa shape index (κ1) is 13.8. The third-order valence-corrected chi connectivity index (χ3v) is 4.36. The highest BCUT2D eigenvalue weighted by molar-refractivity contribution is 6.32. The van der Waals surface area contributed by atoms with Crippen molar-refractivity contribution in [3.63, 3.8) is 0 Å². The minimum Gasteiger partial charge on any atom is -0.289 e. The molecule has 1 aliphatic heterocycles. The van der Waals surface area contributed by atoms with Crippen molar-refractivity contribution in [3.8, 4) is 0 Å². The van der Waals surface area contributed by atoms with Crippen LogP contribution < -0.4 is 0 Å². The van der Waals surface area contributed by atoms with Crippen LogP contribution in [-0.4, -0.2) is 14.9 Å². The number of hydrogen-bond donors (Lipinski definition) is 0. The summed E-state index contributed by atoms with van der Waals surface area (Å²) in [6.45, 7) is 6.73. The minimum absolute atomic E-state index is 0.224.